The van der Waals surface area contributed by atoms with Crippen molar-refractivity contribution in [3.63, 3.8) is 0 Å². The first-order chi connectivity index (χ1) is 14.7. The van der Waals surface area contributed by atoms with Crippen LogP contribution in [0.25, 0.3) is 28.1 Å². The normalized spacial score (nSPS) is 17.1. The monoisotopic (exact) mass is 470 g/mol. The number of hydrogen-bond acceptors (Lipinski definition) is 2. The van der Waals surface area contributed by atoms with Crippen LogP contribution in [0.1, 0.15) is 0 Å². The molecule has 6 rings (SSSR count). The van der Waals surface area contributed by atoms with Gasteiger partial charge in [-0.15, -0.1) is 0 Å². The van der Waals surface area contributed by atoms with Crippen molar-refractivity contribution < 1.29 is 4.57 Å². The summed E-state index contributed by atoms with van der Waals surface area (Å²) >= 11 is 3.51. The van der Waals surface area contributed by atoms with Crippen LogP contribution in [0.2, 0.25) is 0 Å². The van der Waals surface area contributed by atoms with Gasteiger partial charge in [0.25, 0.3) is 0 Å². The highest BCUT2D eigenvalue weighted by Gasteiger charge is 2.39. The number of halogens is 1. The second kappa shape index (κ2) is 6.53. The number of para-hydroxylation sites is 2. The Bertz CT molecular complexity index is 1470. The van der Waals surface area contributed by atoms with Gasteiger partial charge in [-0.1, -0.05) is 76.6 Å². The maximum absolute atomic E-state index is 14.8. The van der Waals surface area contributed by atoms with Crippen molar-refractivity contribution in [3.8, 4) is 17.1 Å². The van der Waals surface area contributed by atoms with Crippen molar-refractivity contribution in [2.45, 2.75) is 0 Å². The van der Waals surface area contributed by atoms with Crippen LogP contribution in [-0.2, 0) is 4.57 Å². The van der Waals surface area contributed by atoms with Crippen molar-refractivity contribution in [2.75, 3.05) is 0 Å². The van der Waals surface area contributed by atoms with E-state index >= 15 is 0 Å². The molecule has 1 aromatic heterocycles. The zero-order valence-electron chi connectivity index (χ0n) is 15.9. The van der Waals surface area contributed by atoms with E-state index in [0.29, 0.717) is 0 Å². The molecule has 0 bridgehead atoms. The highest BCUT2D eigenvalue weighted by Crippen LogP contribution is 2.49. The lowest BCUT2D eigenvalue weighted by Gasteiger charge is -2.29. The van der Waals surface area contributed by atoms with E-state index < -0.39 is 7.14 Å². The second-order valence-electron chi connectivity index (χ2n) is 7.36. The zero-order chi connectivity index (χ0) is 20.3. The molecular formula is C25H16BrN2OP. The molecule has 0 fully saturated rings. The summed E-state index contributed by atoms with van der Waals surface area (Å²) < 4.78 is 18.0. The van der Waals surface area contributed by atoms with E-state index in [4.69, 9.17) is 4.98 Å². The summed E-state index contributed by atoms with van der Waals surface area (Å²) in [7, 11) is -3.02. The van der Waals surface area contributed by atoms with E-state index in [-0.39, 0.29) is 0 Å². The number of nitrogens with zero attached hydrogens (tertiary/aromatic N) is 2. The maximum atomic E-state index is 14.8. The Morgan fingerprint density at radius 1 is 0.733 bits per heavy atom. The molecule has 0 N–H and O–H groups in total. The van der Waals surface area contributed by atoms with Gasteiger partial charge in [0.15, 0.2) is 7.14 Å². The van der Waals surface area contributed by atoms with Crippen molar-refractivity contribution in [1.82, 2.24) is 9.55 Å². The van der Waals surface area contributed by atoms with Crippen molar-refractivity contribution >= 4 is 50.0 Å². The Morgan fingerprint density at radius 2 is 1.43 bits per heavy atom. The first kappa shape index (κ1) is 17.9. The summed E-state index contributed by atoms with van der Waals surface area (Å²) in [6, 6.07) is 31.9. The van der Waals surface area contributed by atoms with E-state index in [1.165, 1.54) is 0 Å². The molecular weight excluding hydrogens is 455 g/mol. The minimum Gasteiger partial charge on any atom is -0.308 e. The van der Waals surface area contributed by atoms with Crippen LogP contribution in [-0.4, -0.2) is 9.55 Å². The van der Waals surface area contributed by atoms with Gasteiger partial charge in [0.2, 0.25) is 0 Å². The average molecular weight is 471 g/mol. The lowest BCUT2D eigenvalue weighted by molar-refractivity contribution is 0.592. The molecule has 5 heteroatoms. The summed E-state index contributed by atoms with van der Waals surface area (Å²) in [6.07, 6.45) is 0. The minimum atomic E-state index is -3.02. The van der Waals surface area contributed by atoms with Crippen LogP contribution < -0.4 is 15.9 Å². The van der Waals surface area contributed by atoms with Gasteiger partial charge in [-0.2, -0.15) is 0 Å². The number of aromatic nitrogens is 2. The highest BCUT2D eigenvalue weighted by atomic mass is 79.9. The molecule has 144 valence electrons. The Morgan fingerprint density at radius 3 is 2.23 bits per heavy atom. The fourth-order valence-corrected chi connectivity index (χ4v) is 7.63. The number of imidazole rings is 1. The predicted octanol–water partition coefficient (Wildman–Crippen LogP) is 5.41. The maximum Gasteiger partial charge on any atom is 0.175 e. The van der Waals surface area contributed by atoms with Crippen molar-refractivity contribution in [2.24, 2.45) is 0 Å². The minimum absolute atomic E-state index is 0.848. The topological polar surface area (TPSA) is 34.9 Å². The number of fused-ring (bicyclic) bond motifs is 2. The molecule has 1 aliphatic heterocycles. The summed E-state index contributed by atoms with van der Waals surface area (Å²) in [6.45, 7) is 0. The van der Waals surface area contributed by atoms with Crippen LogP contribution in [0.3, 0.4) is 0 Å². The third-order valence-electron chi connectivity index (χ3n) is 5.68. The molecule has 0 saturated carbocycles. The van der Waals surface area contributed by atoms with Gasteiger partial charge in [-0.05, 0) is 36.4 Å². The number of hydrogen-bond donors (Lipinski definition) is 0. The highest BCUT2D eigenvalue weighted by molar-refractivity contribution is 9.10. The number of rotatable bonds is 2. The Labute approximate surface area is 182 Å². The first-order valence-electron chi connectivity index (χ1n) is 9.71. The predicted molar refractivity (Wildman–Crippen MR) is 127 cm³/mol. The molecule has 30 heavy (non-hydrogen) atoms. The standard InChI is InChI=1S/C25H16BrN2OP/c26-18-15-13-17(14-16-18)25-27-20-9-6-12-23-24(20)28(25)21-10-4-5-11-22(21)30(23,29)19-7-2-1-3-8-19/h1-16H. The third kappa shape index (κ3) is 2.38. The van der Waals surface area contributed by atoms with Crippen LogP contribution in [0.4, 0.5) is 0 Å². The Hall–Kier alpha value is -2.94. The fraction of sp³-hybridized carbons (Fsp3) is 0. The van der Waals surface area contributed by atoms with E-state index in [9.17, 15) is 4.57 Å². The van der Waals surface area contributed by atoms with E-state index in [0.717, 1.165) is 48.5 Å². The van der Waals surface area contributed by atoms with Crippen LogP contribution >= 0.6 is 23.1 Å². The molecule has 0 spiro atoms. The fourth-order valence-electron chi connectivity index (χ4n) is 4.36. The summed E-state index contributed by atoms with van der Waals surface area (Å²) in [5, 5.41) is 2.55. The molecule has 4 aromatic carbocycles. The SMILES string of the molecule is O=P1(c2ccccc2)c2ccccc2-n2c(-c3ccc(Br)cc3)nc3cccc1c32. The van der Waals surface area contributed by atoms with Crippen LogP contribution in [0.5, 0.6) is 0 Å². The van der Waals surface area contributed by atoms with Crippen LogP contribution in [0.15, 0.2) is 102 Å². The van der Waals surface area contributed by atoms with Gasteiger partial charge in [0.1, 0.15) is 5.82 Å². The molecule has 1 aliphatic rings. The van der Waals surface area contributed by atoms with Crippen molar-refractivity contribution in [1.29, 1.82) is 0 Å². The third-order valence-corrected chi connectivity index (χ3v) is 9.33. The molecule has 5 aromatic rings. The molecule has 1 unspecified atom stereocenters. The van der Waals surface area contributed by atoms with Gasteiger partial charge in [0.05, 0.1) is 16.7 Å². The summed E-state index contributed by atoms with van der Waals surface area (Å²) in [5.74, 6) is 0.858. The van der Waals surface area contributed by atoms with Gasteiger partial charge < -0.3 is 4.57 Å². The van der Waals surface area contributed by atoms with Crippen LogP contribution in [0, 0.1) is 0 Å². The van der Waals surface area contributed by atoms with Gasteiger partial charge in [0, 0.05) is 25.9 Å². The van der Waals surface area contributed by atoms with E-state index in [1.807, 2.05) is 84.9 Å². The van der Waals surface area contributed by atoms with E-state index in [1.54, 1.807) is 0 Å². The first-order valence-corrected chi connectivity index (χ1v) is 12.2. The Kier molecular flexibility index (Phi) is 3.89. The number of benzene rings is 4. The van der Waals surface area contributed by atoms with Crippen molar-refractivity contribution in [3.05, 3.63) is 102 Å². The lowest BCUT2D eigenvalue weighted by atomic mass is 10.2. The molecule has 1 atom stereocenters. The smallest absolute Gasteiger partial charge is 0.175 e. The zero-order valence-corrected chi connectivity index (χ0v) is 18.3. The molecule has 0 radical (unpaired) electrons. The second-order valence-corrected chi connectivity index (χ2v) is 11.0. The molecule has 0 aliphatic carbocycles. The molecule has 3 nitrogen and oxygen atoms in total. The van der Waals surface area contributed by atoms with E-state index in [2.05, 4.69) is 32.6 Å². The average Bonchev–Trinajstić information content (AvgIpc) is 3.19. The molecule has 0 saturated heterocycles. The summed E-state index contributed by atoms with van der Waals surface area (Å²) in [4.78, 5) is 4.97. The summed E-state index contributed by atoms with van der Waals surface area (Å²) in [5.41, 5.74) is 3.74. The quantitative estimate of drug-likeness (QED) is 0.317. The molecule has 2 heterocycles. The van der Waals surface area contributed by atoms with Gasteiger partial charge in [-0.3, -0.25) is 4.57 Å². The Balaban J connectivity index is 1.78. The molecule has 0 amide bonds. The van der Waals surface area contributed by atoms with Gasteiger partial charge >= 0.3 is 0 Å². The van der Waals surface area contributed by atoms with Gasteiger partial charge in [-0.25, -0.2) is 4.98 Å². The lowest BCUT2D eigenvalue weighted by Crippen LogP contribution is -2.32. The largest absolute Gasteiger partial charge is 0.308 e.